The average Bonchev–Trinajstić information content (AvgIpc) is 3.22. The molecule has 3 rings (SSSR count). The third-order valence-corrected chi connectivity index (χ3v) is 4.90. The Morgan fingerprint density at radius 3 is 2.40 bits per heavy atom. The Hall–Kier alpha value is -0.610. The Balaban J connectivity index is 1.43. The molecule has 114 valence electrons. The van der Waals surface area contributed by atoms with Crippen molar-refractivity contribution < 1.29 is 9.53 Å². The molecule has 1 amide bonds. The standard InChI is InChI=1S/C16H28N2O2/c1-16(2)11-14(7-10-20-16)17-13-5-8-18(9-6-13)15(19)12-3-4-12/h12-14,17H,3-11H2,1-2H3. The fourth-order valence-corrected chi connectivity index (χ4v) is 3.56. The molecular formula is C16H28N2O2. The zero-order valence-corrected chi connectivity index (χ0v) is 12.9. The number of rotatable bonds is 3. The molecule has 0 aromatic rings. The summed E-state index contributed by atoms with van der Waals surface area (Å²) >= 11 is 0. The van der Waals surface area contributed by atoms with Gasteiger partial charge in [0.15, 0.2) is 0 Å². The van der Waals surface area contributed by atoms with E-state index < -0.39 is 0 Å². The van der Waals surface area contributed by atoms with Gasteiger partial charge in [0, 0.05) is 37.7 Å². The number of likely N-dealkylation sites (tertiary alicyclic amines) is 1. The molecule has 2 aliphatic heterocycles. The lowest BCUT2D eigenvalue weighted by Gasteiger charge is -2.40. The molecular weight excluding hydrogens is 252 g/mol. The minimum absolute atomic E-state index is 0.0125. The van der Waals surface area contributed by atoms with E-state index in [2.05, 4.69) is 24.1 Å². The topological polar surface area (TPSA) is 41.6 Å². The maximum Gasteiger partial charge on any atom is 0.225 e. The van der Waals surface area contributed by atoms with Gasteiger partial charge in [-0.05, 0) is 52.4 Å². The largest absolute Gasteiger partial charge is 0.375 e. The molecule has 0 bridgehead atoms. The third kappa shape index (κ3) is 3.53. The second-order valence-corrected chi connectivity index (χ2v) is 7.34. The van der Waals surface area contributed by atoms with E-state index in [1.165, 1.54) is 0 Å². The number of amides is 1. The van der Waals surface area contributed by atoms with Crippen LogP contribution in [0, 0.1) is 5.92 Å². The monoisotopic (exact) mass is 280 g/mol. The van der Waals surface area contributed by atoms with Crippen molar-refractivity contribution in [2.75, 3.05) is 19.7 Å². The molecule has 4 nitrogen and oxygen atoms in total. The second kappa shape index (κ2) is 5.64. The van der Waals surface area contributed by atoms with Crippen molar-refractivity contribution in [3.8, 4) is 0 Å². The minimum atomic E-state index is 0.0125. The molecule has 0 radical (unpaired) electrons. The fourth-order valence-electron chi connectivity index (χ4n) is 3.56. The third-order valence-electron chi connectivity index (χ3n) is 4.90. The van der Waals surface area contributed by atoms with Gasteiger partial charge in [-0.2, -0.15) is 0 Å². The Morgan fingerprint density at radius 2 is 1.80 bits per heavy atom. The predicted molar refractivity (Wildman–Crippen MR) is 78.5 cm³/mol. The quantitative estimate of drug-likeness (QED) is 0.859. The molecule has 20 heavy (non-hydrogen) atoms. The fraction of sp³-hybridized carbons (Fsp3) is 0.938. The molecule has 3 fully saturated rings. The van der Waals surface area contributed by atoms with Crippen molar-refractivity contribution in [2.24, 2.45) is 5.92 Å². The Morgan fingerprint density at radius 1 is 1.10 bits per heavy atom. The first-order valence-electron chi connectivity index (χ1n) is 8.22. The van der Waals surface area contributed by atoms with Crippen LogP contribution in [-0.4, -0.2) is 48.2 Å². The van der Waals surface area contributed by atoms with Crippen molar-refractivity contribution in [1.82, 2.24) is 10.2 Å². The minimum Gasteiger partial charge on any atom is -0.375 e. The van der Waals surface area contributed by atoms with Gasteiger partial charge in [0.05, 0.1) is 5.60 Å². The summed E-state index contributed by atoms with van der Waals surface area (Å²) in [6.45, 7) is 7.11. The summed E-state index contributed by atoms with van der Waals surface area (Å²) in [6, 6.07) is 1.16. The van der Waals surface area contributed by atoms with Gasteiger partial charge in [-0.15, -0.1) is 0 Å². The smallest absolute Gasteiger partial charge is 0.225 e. The molecule has 1 unspecified atom stereocenters. The first-order valence-corrected chi connectivity index (χ1v) is 8.22. The summed E-state index contributed by atoms with van der Waals surface area (Å²) < 4.78 is 5.77. The van der Waals surface area contributed by atoms with E-state index in [4.69, 9.17) is 4.74 Å². The van der Waals surface area contributed by atoms with Crippen LogP contribution in [0.3, 0.4) is 0 Å². The molecule has 2 saturated heterocycles. The molecule has 0 aromatic heterocycles. The van der Waals surface area contributed by atoms with E-state index in [0.29, 0.717) is 23.9 Å². The number of piperidine rings is 1. The van der Waals surface area contributed by atoms with E-state index in [1.807, 2.05) is 0 Å². The maximum absolute atomic E-state index is 12.0. The number of carbonyl (C=O) groups is 1. The molecule has 1 aliphatic carbocycles. The zero-order valence-electron chi connectivity index (χ0n) is 12.9. The molecule has 4 heteroatoms. The number of nitrogens with zero attached hydrogens (tertiary/aromatic N) is 1. The predicted octanol–water partition coefficient (Wildman–Crippen LogP) is 1.93. The lowest BCUT2D eigenvalue weighted by Crippen LogP contribution is -2.51. The number of nitrogens with one attached hydrogen (secondary N) is 1. The summed E-state index contributed by atoms with van der Waals surface area (Å²) in [5, 5.41) is 3.80. The van der Waals surface area contributed by atoms with Gasteiger partial charge in [0.25, 0.3) is 0 Å². The van der Waals surface area contributed by atoms with E-state index >= 15 is 0 Å². The maximum atomic E-state index is 12.0. The van der Waals surface area contributed by atoms with E-state index in [1.54, 1.807) is 0 Å². The summed E-state index contributed by atoms with van der Waals surface area (Å²) in [4.78, 5) is 14.1. The van der Waals surface area contributed by atoms with Crippen LogP contribution < -0.4 is 5.32 Å². The highest BCUT2D eigenvalue weighted by Gasteiger charge is 2.36. The van der Waals surface area contributed by atoms with Crippen molar-refractivity contribution in [3.63, 3.8) is 0 Å². The Bertz CT molecular complexity index is 357. The highest BCUT2D eigenvalue weighted by Crippen LogP contribution is 2.32. The van der Waals surface area contributed by atoms with Crippen LogP contribution in [0.4, 0.5) is 0 Å². The van der Waals surface area contributed by atoms with Gasteiger partial charge in [0.2, 0.25) is 5.91 Å². The number of hydrogen-bond acceptors (Lipinski definition) is 3. The molecule has 0 aromatic carbocycles. The van der Waals surface area contributed by atoms with Gasteiger partial charge in [-0.3, -0.25) is 4.79 Å². The van der Waals surface area contributed by atoms with Gasteiger partial charge in [-0.1, -0.05) is 0 Å². The number of hydrogen-bond donors (Lipinski definition) is 1. The summed E-state index contributed by atoms with van der Waals surface area (Å²) in [7, 11) is 0. The van der Waals surface area contributed by atoms with Gasteiger partial charge < -0.3 is 15.0 Å². The molecule has 1 saturated carbocycles. The van der Waals surface area contributed by atoms with Crippen LogP contribution in [-0.2, 0) is 9.53 Å². The van der Waals surface area contributed by atoms with Gasteiger partial charge in [0.1, 0.15) is 0 Å². The second-order valence-electron chi connectivity index (χ2n) is 7.34. The van der Waals surface area contributed by atoms with E-state index in [9.17, 15) is 4.79 Å². The van der Waals surface area contributed by atoms with E-state index in [-0.39, 0.29) is 5.60 Å². The Labute approximate surface area is 122 Å². The van der Waals surface area contributed by atoms with Crippen LogP contribution in [0.2, 0.25) is 0 Å². The van der Waals surface area contributed by atoms with Crippen molar-refractivity contribution in [1.29, 1.82) is 0 Å². The lowest BCUT2D eigenvalue weighted by atomic mass is 9.92. The first kappa shape index (κ1) is 14.3. The average molecular weight is 280 g/mol. The van der Waals surface area contributed by atoms with Crippen LogP contribution in [0.15, 0.2) is 0 Å². The molecule has 0 spiro atoms. The molecule has 1 atom stereocenters. The lowest BCUT2D eigenvalue weighted by molar-refractivity contribution is -0.133. The van der Waals surface area contributed by atoms with Gasteiger partial charge >= 0.3 is 0 Å². The van der Waals surface area contributed by atoms with Crippen LogP contribution >= 0.6 is 0 Å². The molecule has 2 heterocycles. The van der Waals surface area contributed by atoms with Crippen molar-refractivity contribution >= 4 is 5.91 Å². The van der Waals surface area contributed by atoms with Crippen LogP contribution in [0.5, 0.6) is 0 Å². The molecule has 3 aliphatic rings. The first-order chi connectivity index (χ1) is 9.53. The van der Waals surface area contributed by atoms with Gasteiger partial charge in [-0.25, -0.2) is 0 Å². The summed E-state index contributed by atoms with van der Waals surface area (Å²) in [5.74, 6) is 0.784. The number of carbonyl (C=O) groups excluding carboxylic acids is 1. The summed E-state index contributed by atoms with van der Waals surface area (Å²) in [5.41, 5.74) is 0.0125. The normalized spacial score (nSPS) is 31.3. The SMILES string of the molecule is CC1(C)CC(NC2CCN(C(=O)C3CC3)CC2)CCO1. The Kier molecular flexibility index (Phi) is 4.04. The summed E-state index contributed by atoms with van der Waals surface area (Å²) in [6.07, 6.45) is 6.66. The van der Waals surface area contributed by atoms with Crippen LogP contribution in [0.1, 0.15) is 52.4 Å². The molecule has 1 N–H and O–H groups in total. The highest BCUT2D eigenvalue weighted by molar-refractivity contribution is 5.81. The zero-order chi connectivity index (χ0) is 14.2. The number of ether oxygens (including phenoxy) is 1. The highest BCUT2D eigenvalue weighted by atomic mass is 16.5. The van der Waals surface area contributed by atoms with Crippen LogP contribution in [0.25, 0.3) is 0 Å². The van der Waals surface area contributed by atoms with E-state index in [0.717, 1.165) is 58.2 Å². The van der Waals surface area contributed by atoms with Crippen molar-refractivity contribution in [3.05, 3.63) is 0 Å². The van der Waals surface area contributed by atoms with Crippen molar-refractivity contribution in [2.45, 2.75) is 70.1 Å².